The first-order chi connectivity index (χ1) is 7.68. The topological polar surface area (TPSA) is 155 Å². The van der Waals surface area contributed by atoms with Crippen LogP contribution >= 0.6 is 0 Å². The van der Waals surface area contributed by atoms with Crippen LogP contribution in [0.2, 0.25) is 0 Å². The maximum absolute atomic E-state index is 9.57. The van der Waals surface area contributed by atoms with Crippen LogP contribution in [0.1, 0.15) is 20.8 Å². The van der Waals surface area contributed by atoms with Crippen molar-refractivity contribution in [2.45, 2.75) is 26.8 Å². The van der Waals surface area contributed by atoms with E-state index in [1.165, 1.54) is 11.8 Å². The Bertz CT molecular complexity index is 246. The van der Waals surface area contributed by atoms with Crippen molar-refractivity contribution >= 4 is 17.9 Å². The molecule has 1 atom stereocenters. The Morgan fingerprint density at radius 1 is 1.35 bits per heavy atom. The summed E-state index contributed by atoms with van der Waals surface area (Å²) >= 11 is 0. The molecule has 0 aliphatic rings. The zero-order chi connectivity index (χ0) is 14.6. The first kappa shape index (κ1) is 20.6. The predicted octanol–water partition coefficient (Wildman–Crippen LogP) is -0.799. The second-order valence-corrected chi connectivity index (χ2v) is 2.88. The number of aliphatic carboxylic acids is 1. The molecule has 8 nitrogen and oxygen atoms in total. The number of carboxylic acids is 1. The minimum Gasteiger partial charge on any atom is -0.480 e. The van der Waals surface area contributed by atoms with Gasteiger partial charge in [0.05, 0.1) is 0 Å². The summed E-state index contributed by atoms with van der Waals surface area (Å²) in [5.41, 5.74) is 14.8. The first-order valence-corrected chi connectivity index (χ1v) is 5.02. The lowest BCUT2D eigenvalue weighted by atomic mass is 10.4. The Hall–Kier alpha value is -1.83. The smallest absolute Gasteiger partial charge is 0.320 e. The lowest BCUT2D eigenvalue weighted by Gasteiger charge is -2.07. The third-order valence-corrected chi connectivity index (χ3v) is 1.05. The van der Waals surface area contributed by atoms with Crippen molar-refractivity contribution in [2.24, 2.45) is 22.2 Å². The van der Waals surface area contributed by atoms with Crippen LogP contribution in [0.15, 0.2) is 4.99 Å². The molecule has 17 heavy (non-hydrogen) atoms. The van der Waals surface area contributed by atoms with Crippen molar-refractivity contribution in [3.63, 3.8) is 0 Å². The maximum Gasteiger partial charge on any atom is 0.320 e. The number of carbonyl (C=O) groups is 1. The summed E-state index contributed by atoms with van der Waals surface area (Å²) in [6, 6.07) is -0.731. The van der Waals surface area contributed by atoms with Gasteiger partial charge in [-0.05, 0) is 6.92 Å². The van der Waals surface area contributed by atoms with Gasteiger partial charge >= 0.3 is 5.97 Å². The molecule has 0 saturated heterocycles. The van der Waals surface area contributed by atoms with Gasteiger partial charge in [-0.15, -0.1) is 0 Å². The van der Waals surface area contributed by atoms with E-state index in [9.17, 15) is 4.79 Å². The third kappa shape index (κ3) is 20.3. The van der Waals surface area contributed by atoms with Gasteiger partial charge in [-0.25, -0.2) is 0 Å². The average Bonchev–Trinajstić information content (AvgIpc) is 2.20. The van der Waals surface area contributed by atoms with E-state index in [1.54, 1.807) is 14.1 Å². The summed E-state index contributed by atoms with van der Waals surface area (Å²) in [5.74, 6) is -1.00. The van der Waals surface area contributed by atoms with Crippen LogP contribution in [0.5, 0.6) is 0 Å². The number of nitrogens with one attached hydrogen (secondary N) is 1. The van der Waals surface area contributed by atoms with Crippen LogP contribution in [-0.4, -0.2) is 48.0 Å². The van der Waals surface area contributed by atoms with Crippen LogP contribution in [0.25, 0.3) is 0 Å². The Labute approximate surface area is 102 Å². The van der Waals surface area contributed by atoms with Crippen molar-refractivity contribution < 1.29 is 9.90 Å². The van der Waals surface area contributed by atoms with Crippen LogP contribution in [0.4, 0.5) is 0 Å². The van der Waals surface area contributed by atoms with Gasteiger partial charge in [-0.1, -0.05) is 13.8 Å². The Morgan fingerprint density at radius 3 is 1.71 bits per heavy atom. The summed E-state index contributed by atoms with van der Waals surface area (Å²) in [7, 11) is 3.38. The molecule has 1 unspecified atom stereocenters. The van der Waals surface area contributed by atoms with Crippen LogP contribution < -0.4 is 17.2 Å². The molecule has 0 aromatic heterocycles. The van der Waals surface area contributed by atoms with Crippen molar-refractivity contribution in [2.75, 3.05) is 14.1 Å². The standard InChI is InChI=1S/C4H11N5.C3H7NO2.C2H6/c1-9(2)4(7)8-3(5)6;1-2(4)3(5)6;1-2/h1-2H3,(H5,5,6,7,8);2H,4H2,1H3,(H,5,6);1-2H3. The highest BCUT2D eigenvalue weighted by atomic mass is 16.4. The molecule has 8 N–H and O–H groups in total. The van der Waals surface area contributed by atoms with E-state index >= 15 is 0 Å². The zero-order valence-electron chi connectivity index (χ0n) is 11.1. The number of hydrogen-bond acceptors (Lipinski definition) is 3. The molecule has 0 aliphatic heterocycles. The minimum absolute atomic E-state index is 0.0509. The van der Waals surface area contributed by atoms with Crippen LogP contribution in [0, 0.1) is 5.41 Å². The zero-order valence-corrected chi connectivity index (χ0v) is 11.1. The van der Waals surface area contributed by atoms with Gasteiger partial charge in [-0.2, -0.15) is 4.99 Å². The third-order valence-electron chi connectivity index (χ3n) is 1.05. The summed E-state index contributed by atoms with van der Waals surface area (Å²) in [6.07, 6.45) is 0. The average molecular weight is 248 g/mol. The van der Waals surface area contributed by atoms with E-state index in [2.05, 4.69) is 4.99 Å². The number of rotatable bonds is 1. The fourth-order valence-electron chi connectivity index (χ4n) is 0.222. The van der Waals surface area contributed by atoms with E-state index < -0.39 is 12.0 Å². The molecular weight excluding hydrogens is 224 g/mol. The highest BCUT2D eigenvalue weighted by molar-refractivity contribution is 5.91. The molecule has 0 saturated carbocycles. The van der Waals surface area contributed by atoms with Gasteiger partial charge in [0.15, 0.2) is 5.96 Å². The number of hydrogen-bond donors (Lipinski definition) is 5. The van der Waals surface area contributed by atoms with Gasteiger partial charge in [0.25, 0.3) is 0 Å². The minimum atomic E-state index is -0.963. The Morgan fingerprint density at radius 2 is 1.65 bits per heavy atom. The van der Waals surface area contributed by atoms with Crippen LogP contribution in [-0.2, 0) is 4.79 Å². The molecule has 0 bridgehead atoms. The van der Waals surface area contributed by atoms with Crippen molar-refractivity contribution in [3.05, 3.63) is 0 Å². The number of aliphatic imine (C=N–C) groups is 1. The Balaban J connectivity index is -0.000000213. The molecule has 0 aliphatic carbocycles. The predicted molar refractivity (Wildman–Crippen MR) is 69.9 cm³/mol. The summed E-state index contributed by atoms with van der Waals surface area (Å²) < 4.78 is 0. The Kier molecular flexibility index (Phi) is 14.8. The quantitative estimate of drug-likeness (QED) is 0.302. The molecule has 0 amide bonds. The van der Waals surface area contributed by atoms with Crippen molar-refractivity contribution in [1.29, 1.82) is 5.41 Å². The fraction of sp³-hybridized carbons (Fsp3) is 0.667. The molecule has 8 heteroatoms. The van der Waals surface area contributed by atoms with E-state index in [0.717, 1.165) is 0 Å². The van der Waals surface area contributed by atoms with E-state index in [1.807, 2.05) is 13.8 Å². The van der Waals surface area contributed by atoms with Crippen molar-refractivity contribution in [1.82, 2.24) is 4.90 Å². The highest BCUT2D eigenvalue weighted by Crippen LogP contribution is 1.78. The SMILES string of the molecule is CC.CC(N)C(=O)O.CN(C)C(=N)N=C(N)N. The van der Waals surface area contributed by atoms with Gasteiger partial charge in [0.2, 0.25) is 5.96 Å². The molecule has 102 valence electrons. The number of nitrogens with two attached hydrogens (primary N) is 3. The van der Waals surface area contributed by atoms with E-state index in [0.29, 0.717) is 0 Å². The molecule has 0 radical (unpaired) electrons. The second-order valence-electron chi connectivity index (χ2n) is 2.88. The van der Waals surface area contributed by atoms with E-state index in [4.69, 9.17) is 27.7 Å². The summed E-state index contributed by atoms with van der Waals surface area (Å²) in [4.78, 5) is 14.5. The van der Waals surface area contributed by atoms with Crippen LogP contribution in [0.3, 0.4) is 0 Å². The van der Waals surface area contributed by atoms with Crippen molar-refractivity contribution in [3.8, 4) is 0 Å². The van der Waals surface area contributed by atoms with Gasteiger partial charge in [0, 0.05) is 14.1 Å². The lowest BCUT2D eigenvalue weighted by Crippen LogP contribution is -2.28. The molecule has 0 aromatic rings. The maximum atomic E-state index is 9.57. The molecular formula is C9H24N6O2. The molecule has 0 spiro atoms. The largest absolute Gasteiger partial charge is 0.480 e. The summed E-state index contributed by atoms with van der Waals surface area (Å²) in [6.45, 7) is 5.42. The van der Waals surface area contributed by atoms with Gasteiger partial charge < -0.3 is 27.2 Å². The first-order valence-electron chi connectivity index (χ1n) is 5.02. The molecule has 0 fully saturated rings. The molecule has 0 heterocycles. The lowest BCUT2D eigenvalue weighted by molar-refractivity contribution is -0.138. The number of carboxylic acid groups (broad SMARTS) is 1. The number of guanidine groups is 2. The molecule has 0 rings (SSSR count). The van der Waals surface area contributed by atoms with E-state index in [-0.39, 0.29) is 11.9 Å². The monoisotopic (exact) mass is 248 g/mol. The fourth-order valence-corrected chi connectivity index (χ4v) is 0.222. The highest BCUT2D eigenvalue weighted by Gasteiger charge is 1.99. The second kappa shape index (κ2) is 12.2. The summed E-state index contributed by atoms with van der Waals surface area (Å²) in [5, 5.41) is 14.9. The van der Waals surface area contributed by atoms with Gasteiger partial charge in [-0.3, -0.25) is 10.2 Å². The van der Waals surface area contributed by atoms with Gasteiger partial charge in [0.1, 0.15) is 6.04 Å². The molecule has 0 aromatic carbocycles. The normalized spacial score (nSPS) is 9.53. The number of nitrogens with zero attached hydrogens (tertiary/aromatic N) is 2.